The Hall–Kier alpha value is -1.61. The van der Waals surface area contributed by atoms with E-state index in [9.17, 15) is 4.79 Å². The van der Waals surface area contributed by atoms with Gasteiger partial charge in [0.1, 0.15) is 0 Å². The summed E-state index contributed by atoms with van der Waals surface area (Å²) in [6, 6.07) is 8.03. The van der Waals surface area contributed by atoms with Crippen LogP contribution < -0.4 is 11.3 Å². The Morgan fingerprint density at radius 3 is 2.79 bits per heavy atom. The molecular formula is C11H12N2O. The smallest absolute Gasteiger partial charge is 0.261 e. The lowest BCUT2D eigenvalue weighted by molar-refractivity contribution is -0.117. The highest BCUT2D eigenvalue weighted by Crippen LogP contribution is 2.31. The van der Waals surface area contributed by atoms with Gasteiger partial charge >= 0.3 is 0 Å². The number of hydrogen-bond donors (Lipinski definition) is 2. The van der Waals surface area contributed by atoms with E-state index in [0.717, 1.165) is 16.7 Å². The summed E-state index contributed by atoms with van der Waals surface area (Å²) in [6.07, 6.45) is 0.686. The summed E-state index contributed by atoms with van der Waals surface area (Å²) in [5.41, 5.74) is 6.33. The number of carbonyl (C=O) groups excluding carboxylic acids is 1. The van der Waals surface area contributed by atoms with Gasteiger partial charge in [-0.1, -0.05) is 24.3 Å². The number of nitrogens with one attached hydrogen (secondary N) is 1. The fraction of sp³-hybridized carbons (Fsp3) is 0.182. The second-order valence-corrected chi connectivity index (χ2v) is 3.41. The van der Waals surface area contributed by atoms with Crippen molar-refractivity contribution in [1.29, 1.82) is 0 Å². The third-order valence-electron chi connectivity index (χ3n) is 2.65. The van der Waals surface area contributed by atoms with Crippen molar-refractivity contribution in [3.63, 3.8) is 0 Å². The van der Waals surface area contributed by atoms with Gasteiger partial charge in [0.15, 0.2) is 0 Å². The first-order chi connectivity index (χ1) is 6.74. The maximum absolute atomic E-state index is 11.4. The van der Waals surface area contributed by atoms with E-state index in [-0.39, 0.29) is 5.91 Å². The number of nitrogens with two attached hydrogens (primary N) is 1. The van der Waals surface area contributed by atoms with Gasteiger partial charge in [0.05, 0.1) is 0 Å². The number of rotatable bonds is 1. The van der Waals surface area contributed by atoms with Crippen LogP contribution in [0.2, 0.25) is 0 Å². The summed E-state index contributed by atoms with van der Waals surface area (Å²) < 4.78 is 0. The van der Waals surface area contributed by atoms with Crippen molar-refractivity contribution >= 4 is 11.5 Å². The normalized spacial score (nSPS) is 14.1. The Morgan fingerprint density at radius 1 is 1.43 bits per heavy atom. The molecule has 0 fully saturated rings. The highest BCUT2D eigenvalue weighted by atomic mass is 16.2. The molecule has 14 heavy (non-hydrogen) atoms. The fourth-order valence-corrected chi connectivity index (χ4v) is 1.86. The minimum Gasteiger partial charge on any atom is -0.290 e. The number of hydrazine groups is 1. The molecule has 0 atom stereocenters. The van der Waals surface area contributed by atoms with Crippen molar-refractivity contribution in [2.24, 2.45) is 5.84 Å². The van der Waals surface area contributed by atoms with Crippen molar-refractivity contribution in [3.05, 3.63) is 41.0 Å². The number of allylic oxidation sites excluding steroid dienone is 1. The molecule has 0 unspecified atom stereocenters. The summed E-state index contributed by atoms with van der Waals surface area (Å²) in [4.78, 5) is 11.4. The molecule has 0 aliphatic heterocycles. The Morgan fingerprint density at radius 2 is 2.14 bits per heavy atom. The van der Waals surface area contributed by atoms with Crippen molar-refractivity contribution in [1.82, 2.24) is 5.43 Å². The average molecular weight is 188 g/mol. The van der Waals surface area contributed by atoms with Gasteiger partial charge in [-0.2, -0.15) is 0 Å². The lowest BCUT2D eigenvalue weighted by atomic mass is 10.1. The van der Waals surface area contributed by atoms with E-state index in [1.54, 1.807) is 0 Å². The van der Waals surface area contributed by atoms with E-state index >= 15 is 0 Å². The molecule has 1 aliphatic carbocycles. The van der Waals surface area contributed by atoms with Crippen LogP contribution in [0.25, 0.3) is 5.57 Å². The van der Waals surface area contributed by atoms with Crippen molar-refractivity contribution in [2.75, 3.05) is 0 Å². The van der Waals surface area contributed by atoms with Crippen LogP contribution in [0.15, 0.2) is 29.8 Å². The zero-order valence-electron chi connectivity index (χ0n) is 8.00. The Balaban J connectivity index is 2.44. The summed E-state index contributed by atoms with van der Waals surface area (Å²) in [7, 11) is 0. The van der Waals surface area contributed by atoms with Gasteiger partial charge < -0.3 is 0 Å². The van der Waals surface area contributed by atoms with Crippen LogP contribution in [0.5, 0.6) is 0 Å². The van der Waals surface area contributed by atoms with Crippen LogP contribution in [0, 0.1) is 0 Å². The first-order valence-electron chi connectivity index (χ1n) is 4.53. The summed E-state index contributed by atoms with van der Waals surface area (Å²) >= 11 is 0. The van der Waals surface area contributed by atoms with Crippen LogP contribution in [0.1, 0.15) is 18.1 Å². The summed E-state index contributed by atoms with van der Waals surface area (Å²) in [6.45, 7) is 1.95. The number of amides is 1. The van der Waals surface area contributed by atoms with Crippen LogP contribution in [-0.4, -0.2) is 5.91 Å². The lowest BCUT2D eigenvalue weighted by Gasteiger charge is -2.00. The maximum Gasteiger partial charge on any atom is 0.261 e. The topological polar surface area (TPSA) is 55.1 Å². The van der Waals surface area contributed by atoms with Crippen molar-refractivity contribution in [3.8, 4) is 0 Å². The Bertz CT molecular complexity index is 421. The first kappa shape index (κ1) is 8.97. The molecular weight excluding hydrogens is 176 g/mol. The third kappa shape index (κ3) is 1.22. The first-order valence-corrected chi connectivity index (χ1v) is 4.53. The molecule has 1 aliphatic rings. The minimum atomic E-state index is -0.182. The molecule has 1 aromatic rings. The summed E-state index contributed by atoms with van der Waals surface area (Å²) in [5.74, 6) is 4.93. The molecule has 0 saturated carbocycles. The van der Waals surface area contributed by atoms with Gasteiger partial charge in [-0.25, -0.2) is 5.84 Å². The molecule has 2 rings (SSSR count). The van der Waals surface area contributed by atoms with E-state index < -0.39 is 0 Å². The third-order valence-corrected chi connectivity index (χ3v) is 2.65. The van der Waals surface area contributed by atoms with Crippen LogP contribution in [0.3, 0.4) is 0 Å². The molecule has 0 spiro atoms. The predicted octanol–water partition coefficient (Wildman–Crippen LogP) is 1.01. The van der Waals surface area contributed by atoms with Crippen LogP contribution >= 0.6 is 0 Å². The van der Waals surface area contributed by atoms with Crippen LogP contribution in [-0.2, 0) is 11.2 Å². The minimum absolute atomic E-state index is 0.182. The molecule has 0 radical (unpaired) electrons. The van der Waals surface area contributed by atoms with Crippen molar-refractivity contribution < 1.29 is 4.79 Å². The van der Waals surface area contributed by atoms with Gasteiger partial charge in [-0.3, -0.25) is 10.2 Å². The second kappa shape index (κ2) is 3.27. The fourth-order valence-electron chi connectivity index (χ4n) is 1.86. The monoisotopic (exact) mass is 188 g/mol. The SMILES string of the molecule is CC1=C(C(=O)NN)Cc2ccccc21. The Labute approximate surface area is 82.6 Å². The molecule has 3 heteroatoms. The molecule has 1 aromatic carbocycles. The molecule has 3 N–H and O–H groups in total. The van der Waals surface area contributed by atoms with Crippen LogP contribution in [0.4, 0.5) is 0 Å². The van der Waals surface area contributed by atoms with E-state index in [0.29, 0.717) is 6.42 Å². The van der Waals surface area contributed by atoms with Crippen molar-refractivity contribution in [2.45, 2.75) is 13.3 Å². The molecule has 0 heterocycles. The maximum atomic E-state index is 11.4. The highest BCUT2D eigenvalue weighted by molar-refractivity contribution is 6.03. The zero-order chi connectivity index (χ0) is 10.1. The second-order valence-electron chi connectivity index (χ2n) is 3.41. The van der Waals surface area contributed by atoms with E-state index in [4.69, 9.17) is 5.84 Å². The van der Waals surface area contributed by atoms with Gasteiger partial charge in [0.2, 0.25) is 0 Å². The molecule has 0 bridgehead atoms. The molecule has 1 amide bonds. The van der Waals surface area contributed by atoms with Gasteiger partial charge in [-0.15, -0.1) is 0 Å². The van der Waals surface area contributed by atoms with E-state index in [2.05, 4.69) is 5.43 Å². The quantitative estimate of drug-likeness (QED) is 0.392. The standard InChI is InChI=1S/C11H12N2O/c1-7-9-5-3-2-4-8(9)6-10(7)11(14)13-12/h2-5H,6,12H2,1H3,(H,13,14). The largest absolute Gasteiger partial charge is 0.290 e. The van der Waals surface area contributed by atoms with Gasteiger partial charge in [-0.05, 0) is 23.6 Å². The molecule has 0 saturated heterocycles. The molecule has 3 nitrogen and oxygen atoms in total. The predicted molar refractivity (Wildman–Crippen MR) is 55.1 cm³/mol. The number of hydrogen-bond acceptors (Lipinski definition) is 2. The average Bonchev–Trinajstić information content (AvgIpc) is 2.56. The number of fused-ring (bicyclic) bond motifs is 1. The summed E-state index contributed by atoms with van der Waals surface area (Å²) in [5, 5.41) is 0. The van der Waals surface area contributed by atoms with Gasteiger partial charge in [0, 0.05) is 12.0 Å². The Kier molecular flexibility index (Phi) is 2.09. The molecule has 72 valence electrons. The highest BCUT2D eigenvalue weighted by Gasteiger charge is 2.22. The number of carbonyl (C=O) groups is 1. The molecule has 0 aromatic heterocycles. The van der Waals surface area contributed by atoms with Gasteiger partial charge in [0.25, 0.3) is 5.91 Å². The lowest BCUT2D eigenvalue weighted by Crippen LogP contribution is -2.31. The zero-order valence-corrected chi connectivity index (χ0v) is 8.00. The van der Waals surface area contributed by atoms with E-state index in [1.807, 2.05) is 31.2 Å². The number of benzene rings is 1. The van der Waals surface area contributed by atoms with E-state index in [1.165, 1.54) is 5.56 Å².